The van der Waals surface area contributed by atoms with Crippen molar-refractivity contribution >= 4 is 0 Å². The predicted octanol–water partition coefficient (Wildman–Crippen LogP) is 6.30. The van der Waals surface area contributed by atoms with E-state index in [0.29, 0.717) is 0 Å². The largest absolute Gasteiger partial charge is 0.0683 e. The topological polar surface area (TPSA) is 0 Å². The van der Waals surface area contributed by atoms with Crippen LogP contribution in [0, 0.1) is 5.92 Å². The molecule has 0 aliphatic carbocycles. The quantitative estimate of drug-likeness (QED) is 0.506. The third-order valence-electron chi connectivity index (χ3n) is 1.52. The Morgan fingerprint density at radius 1 is 0.714 bits per heavy atom. The first kappa shape index (κ1) is 23.7. The van der Waals surface area contributed by atoms with Gasteiger partial charge in [-0.2, -0.15) is 0 Å². The summed E-state index contributed by atoms with van der Waals surface area (Å²) in [6.07, 6.45) is 5.38. The minimum absolute atomic E-state index is 0.884. The lowest BCUT2D eigenvalue weighted by Crippen LogP contribution is -1.77. The van der Waals surface area contributed by atoms with Gasteiger partial charge in [-0.15, -0.1) is 0 Å². The van der Waals surface area contributed by atoms with Gasteiger partial charge in [-0.1, -0.05) is 88.0 Å². The summed E-state index contributed by atoms with van der Waals surface area (Å²) in [5.41, 5.74) is 0. The van der Waals surface area contributed by atoms with Gasteiger partial charge in [-0.25, -0.2) is 0 Å². The highest BCUT2D eigenvalue weighted by molar-refractivity contribution is 4.32. The lowest BCUT2D eigenvalue weighted by Gasteiger charge is -1.90. The van der Waals surface area contributed by atoms with E-state index < -0.39 is 0 Å². The molecule has 0 aliphatic heterocycles. The predicted molar refractivity (Wildman–Crippen MR) is 73.0 cm³/mol. The fraction of sp³-hybridized carbons (Fsp3) is 1.00. The fourth-order valence-electron chi connectivity index (χ4n) is 0.354. The van der Waals surface area contributed by atoms with E-state index in [0.717, 1.165) is 5.92 Å². The molecule has 0 atom stereocenters. The molecule has 0 rings (SSSR count). The van der Waals surface area contributed by atoms with Gasteiger partial charge in [0, 0.05) is 0 Å². The van der Waals surface area contributed by atoms with E-state index in [2.05, 4.69) is 34.6 Å². The molecule has 0 aliphatic rings. The van der Waals surface area contributed by atoms with Gasteiger partial charge in [0.1, 0.15) is 0 Å². The average Bonchev–Trinajstić information content (AvgIpc) is 2.26. The van der Waals surface area contributed by atoms with E-state index in [-0.39, 0.29) is 0 Å². The normalized spacial score (nSPS) is 7.29. The lowest BCUT2D eigenvalue weighted by molar-refractivity contribution is 0.626. The second-order valence-corrected chi connectivity index (χ2v) is 3.16. The van der Waals surface area contributed by atoms with Crippen molar-refractivity contribution in [2.75, 3.05) is 0 Å². The van der Waals surface area contributed by atoms with Crippen LogP contribution in [0.4, 0.5) is 0 Å². The molecule has 0 amide bonds. The first-order valence-electron chi connectivity index (χ1n) is 6.68. The Morgan fingerprint density at radius 2 is 0.929 bits per heavy atom. The van der Waals surface area contributed by atoms with Crippen molar-refractivity contribution < 1.29 is 0 Å². The highest BCUT2D eigenvalue weighted by Crippen LogP contribution is 1.93. The molecule has 0 saturated heterocycles. The second kappa shape index (κ2) is 38.2. The van der Waals surface area contributed by atoms with Gasteiger partial charge in [0.05, 0.1) is 0 Å². The summed E-state index contributed by atoms with van der Waals surface area (Å²) in [7, 11) is 0. The van der Waals surface area contributed by atoms with Crippen molar-refractivity contribution in [3.63, 3.8) is 0 Å². The summed E-state index contributed by atoms with van der Waals surface area (Å²) in [5, 5.41) is 0. The summed E-state index contributed by atoms with van der Waals surface area (Å²) in [5.74, 6) is 0.884. The minimum atomic E-state index is 0.884. The zero-order valence-corrected chi connectivity index (χ0v) is 12.4. The van der Waals surface area contributed by atoms with Crippen LogP contribution in [-0.4, -0.2) is 0 Å². The molecule has 0 N–H and O–H groups in total. The van der Waals surface area contributed by atoms with Crippen molar-refractivity contribution in [3.8, 4) is 0 Å². The summed E-state index contributed by atoms with van der Waals surface area (Å²) in [6.45, 7) is 19.1. The standard InChI is InChI=1S/2C5H12.2C2H6/c1-4-5(2)3;1-3-5-4-2;2*1-2/h5H,4H2,1-3H3;3-5H2,1-2H3;2*1-2H3. The molecule has 0 aromatic heterocycles. The first-order valence-corrected chi connectivity index (χ1v) is 6.68. The van der Waals surface area contributed by atoms with E-state index in [9.17, 15) is 0 Å². The molecular formula is C14H36. The molecule has 0 bridgehead atoms. The molecule has 14 heavy (non-hydrogen) atoms. The Bertz CT molecular complexity index is 35.3. The molecule has 0 radical (unpaired) electrons. The van der Waals surface area contributed by atoms with Crippen LogP contribution in [0.25, 0.3) is 0 Å². The van der Waals surface area contributed by atoms with E-state index >= 15 is 0 Å². The second-order valence-electron chi connectivity index (χ2n) is 3.16. The smallest absolute Gasteiger partial charge is 0.0474 e. The zero-order chi connectivity index (χ0) is 12.4. The number of rotatable bonds is 3. The van der Waals surface area contributed by atoms with Crippen LogP contribution in [0.3, 0.4) is 0 Å². The fourth-order valence-corrected chi connectivity index (χ4v) is 0.354. The van der Waals surface area contributed by atoms with E-state index in [1.807, 2.05) is 27.7 Å². The average molecular weight is 204 g/mol. The van der Waals surface area contributed by atoms with Crippen LogP contribution >= 0.6 is 0 Å². The van der Waals surface area contributed by atoms with Gasteiger partial charge >= 0.3 is 0 Å². The van der Waals surface area contributed by atoms with Gasteiger partial charge in [-0.05, 0) is 5.92 Å². The monoisotopic (exact) mass is 204 g/mol. The third-order valence-corrected chi connectivity index (χ3v) is 1.52. The number of unbranched alkanes of at least 4 members (excludes halogenated alkanes) is 2. The van der Waals surface area contributed by atoms with Crippen molar-refractivity contribution in [2.45, 2.75) is 88.0 Å². The van der Waals surface area contributed by atoms with Crippen LogP contribution in [0.1, 0.15) is 88.0 Å². The van der Waals surface area contributed by atoms with Crippen LogP contribution in [0.2, 0.25) is 0 Å². The van der Waals surface area contributed by atoms with Crippen molar-refractivity contribution in [3.05, 3.63) is 0 Å². The van der Waals surface area contributed by atoms with Crippen LogP contribution in [-0.2, 0) is 0 Å². The molecule has 0 spiro atoms. The third kappa shape index (κ3) is 90.8. The maximum absolute atomic E-state index is 2.22. The highest BCUT2D eigenvalue weighted by Gasteiger charge is 1.80. The lowest BCUT2D eigenvalue weighted by atomic mass is 10.2. The van der Waals surface area contributed by atoms with Crippen LogP contribution in [0.15, 0.2) is 0 Å². The van der Waals surface area contributed by atoms with Gasteiger partial charge in [0.25, 0.3) is 0 Å². The Kier molecular flexibility index (Phi) is 64.6. The Morgan fingerprint density at radius 3 is 0.929 bits per heavy atom. The molecule has 0 unspecified atom stereocenters. The maximum atomic E-state index is 2.22. The van der Waals surface area contributed by atoms with Crippen molar-refractivity contribution in [1.29, 1.82) is 0 Å². The molecule has 0 aromatic rings. The number of hydrogen-bond acceptors (Lipinski definition) is 0. The van der Waals surface area contributed by atoms with Gasteiger partial charge in [0.15, 0.2) is 0 Å². The Labute approximate surface area is 94.5 Å². The molecular weight excluding hydrogens is 168 g/mol. The molecule has 0 aromatic carbocycles. The van der Waals surface area contributed by atoms with E-state index in [4.69, 9.17) is 0 Å². The molecule has 0 heterocycles. The van der Waals surface area contributed by atoms with E-state index in [1.54, 1.807) is 0 Å². The summed E-state index contributed by atoms with van der Waals surface area (Å²) < 4.78 is 0. The van der Waals surface area contributed by atoms with E-state index in [1.165, 1.54) is 25.7 Å². The van der Waals surface area contributed by atoms with Gasteiger partial charge in [-0.3, -0.25) is 0 Å². The summed E-state index contributed by atoms with van der Waals surface area (Å²) >= 11 is 0. The summed E-state index contributed by atoms with van der Waals surface area (Å²) in [6, 6.07) is 0. The van der Waals surface area contributed by atoms with Crippen molar-refractivity contribution in [2.24, 2.45) is 5.92 Å². The minimum Gasteiger partial charge on any atom is -0.0683 e. The van der Waals surface area contributed by atoms with Crippen molar-refractivity contribution in [1.82, 2.24) is 0 Å². The Hall–Kier alpha value is 0. The zero-order valence-electron chi connectivity index (χ0n) is 12.4. The molecule has 0 saturated carbocycles. The first-order chi connectivity index (χ1) is 6.68. The highest BCUT2D eigenvalue weighted by atomic mass is 13.9. The SMILES string of the molecule is CC.CC.CCC(C)C.CCCCC. The maximum Gasteiger partial charge on any atom is -0.0474 e. The van der Waals surface area contributed by atoms with Gasteiger partial charge in [0.2, 0.25) is 0 Å². The molecule has 0 heteroatoms. The molecule has 0 nitrogen and oxygen atoms in total. The van der Waals surface area contributed by atoms with Crippen LogP contribution in [0.5, 0.6) is 0 Å². The summed E-state index contributed by atoms with van der Waals surface area (Å²) in [4.78, 5) is 0. The molecule has 0 fully saturated rings. The molecule has 92 valence electrons. The van der Waals surface area contributed by atoms with Crippen LogP contribution < -0.4 is 0 Å². The Balaban J connectivity index is -0.0000000528. The van der Waals surface area contributed by atoms with Gasteiger partial charge < -0.3 is 0 Å². The number of hydrogen-bond donors (Lipinski definition) is 0.